The van der Waals surface area contributed by atoms with Crippen molar-refractivity contribution in [2.24, 2.45) is 0 Å². The second-order valence-corrected chi connectivity index (χ2v) is 9.37. The lowest BCUT2D eigenvalue weighted by Gasteiger charge is -2.41. The molecule has 2 aliphatic rings. The number of nitrogens with zero attached hydrogens (tertiary/aromatic N) is 2. The van der Waals surface area contributed by atoms with Crippen molar-refractivity contribution in [1.29, 1.82) is 0 Å². The highest BCUT2D eigenvalue weighted by Crippen LogP contribution is 2.51. The highest BCUT2D eigenvalue weighted by Gasteiger charge is 2.46. The Labute approximate surface area is 189 Å². The molecule has 0 aromatic heterocycles. The zero-order chi connectivity index (χ0) is 22.9. The van der Waals surface area contributed by atoms with Gasteiger partial charge in [-0.2, -0.15) is 13.2 Å². The van der Waals surface area contributed by atoms with Crippen molar-refractivity contribution in [3.05, 3.63) is 59.2 Å². The maximum absolute atomic E-state index is 13.4. The average molecular weight is 469 g/mol. The Hall–Kier alpha value is -1.62. The van der Waals surface area contributed by atoms with Crippen LogP contribution in [0.5, 0.6) is 0 Å². The highest BCUT2D eigenvalue weighted by atomic mass is 32.2. The molecule has 2 aliphatic heterocycles. The van der Waals surface area contributed by atoms with Gasteiger partial charge < -0.3 is 20.2 Å². The standard InChI is InChI=1S/C23H27F3N2O3S/c24-23(25,26)16-5-6-20-18(15-16)22(31,17-3-1-2-4-19(17)32-20)21(30)7-8-27-9-11-28(12-10-27)13-14-29/h1-6,15,21,29-31H,7-14H2/t21-,22+/m0/s1. The lowest BCUT2D eigenvalue weighted by atomic mass is 9.79. The van der Waals surface area contributed by atoms with Gasteiger partial charge in [0.2, 0.25) is 0 Å². The van der Waals surface area contributed by atoms with Crippen LogP contribution in [-0.2, 0) is 11.8 Å². The Balaban J connectivity index is 1.59. The van der Waals surface area contributed by atoms with Crippen LogP contribution >= 0.6 is 11.8 Å². The van der Waals surface area contributed by atoms with Gasteiger partial charge in [-0.15, -0.1) is 0 Å². The lowest BCUT2D eigenvalue weighted by Crippen LogP contribution is -2.49. The minimum Gasteiger partial charge on any atom is -0.395 e. The molecule has 2 aromatic rings. The molecule has 0 amide bonds. The molecule has 0 saturated carbocycles. The van der Waals surface area contributed by atoms with Gasteiger partial charge in [-0.25, -0.2) is 0 Å². The molecular weight excluding hydrogens is 441 g/mol. The molecule has 4 rings (SSSR count). The number of hydrogen-bond donors (Lipinski definition) is 3. The Morgan fingerprint density at radius 2 is 1.56 bits per heavy atom. The van der Waals surface area contributed by atoms with E-state index in [2.05, 4.69) is 9.80 Å². The fourth-order valence-corrected chi connectivity index (χ4v) is 5.66. The number of alkyl halides is 3. The van der Waals surface area contributed by atoms with Crippen molar-refractivity contribution < 1.29 is 28.5 Å². The number of halogens is 3. The third-order valence-electron chi connectivity index (χ3n) is 6.32. The van der Waals surface area contributed by atoms with Gasteiger partial charge in [0.1, 0.15) is 5.60 Å². The molecule has 0 aliphatic carbocycles. The van der Waals surface area contributed by atoms with E-state index in [1.54, 1.807) is 24.3 Å². The summed E-state index contributed by atoms with van der Waals surface area (Å²) in [4.78, 5) is 5.55. The number of benzene rings is 2. The number of aliphatic hydroxyl groups excluding tert-OH is 2. The van der Waals surface area contributed by atoms with E-state index in [0.717, 1.165) is 43.2 Å². The zero-order valence-electron chi connectivity index (χ0n) is 17.6. The Morgan fingerprint density at radius 3 is 2.22 bits per heavy atom. The summed E-state index contributed by atoms with van der Waals surface area (Å²) in [6, 6.07) is 10.3. The lowest BCUT2D eigenvalue weighted by molar-refractivity contribution is -0.138. The maximum atomic E-state index is 13.4. The number of β-amino-alcohol motifs (C(OH)–C–C–N with tert-alkyl or cyclic N) is 1. The summed E-state index contributed by atoms with van der Waals surface area (Å²) in [6.45, 7) is 4.40. The number of hydrogen-bond acceptors (Lipinski definition) is 6. The first-order chi connectivity index (χ1) is 15.2. The number of piperazine rings is 1. The molecule has 5 nitrogen and oxygen atoms in total. The van der Waals surface area contributed by atoms with E-state index < -0.39 is 23.4 Å². The second-order valence-electron chi connectivity index (χ2n) is 8.28. The smallest absolute Gasteiger partial charge is 0.395 e. The normalized spacial score (nSPS) is 22.9. The molecule has 0 radical (unpaired) electrons. The van der Waals surface area contributed by atoms with Crippen molar-refractivity contribution >= 4 is 11.8 Å². The van der Waals surface area contributed by atoms with Crippen LogP contribution in [0.25, 0.3) is 0 Å². The van der Waals surface area contributed by atoms with E-state index >= 15 is 0 Å². The summed E-state index contributed by atoms with van der Waals surface area (Å²) < 4.78 is 40.2. The van der Waals surface area contributed by atoms with E-state index in [1.165, 1.54) is 17.8 Å². The van der Waals surface area contributed by atoms with E-state index in [1.807, 2.05) is 0 Å². The molecule has 32 heavy (non-hydrogen) atoms. The van der Waals surface area contributed by atoms with Gasteiger partial charge >= 0.3 is 6.18 Å². The third kappa shape index (κ3) is 4.55. The second kappa shape index (κ2) is 9.32. The molecule has 2 heterocycles. The van der Waals surface area contributed by atoms with Gasteiger partial charge in [0.15, 0.2) is 0 Å². The van der Waals surface area contributed by atoms with Crippen molar-refractivity contribution in [3.63, 3.8) is 0 Å². The van der Waals surface area contributed by atoms with Gasteiger partial charge in [-0.05, 0) is 30.7 Å². The summed E-state index contributed by atoms with van der Waals surface area (Å²) >= 11 is 1.30. The number of fused-ring (bicyclic) bond motifs is 2. The zero-order valence-corrected chi connectivity index (χ0v) is 18.4. The molecular formula is C23H27F3N2O3S. The molecule has 3 N–H and O–H groups in total. The summed E-state index contributed by atoms with van der Waals surface area (Å²) in [6.07, 6.45) is -5.61. The first-order valence-electron chi connectivity index (χ1n) is 10.7. The number of aliphatic hydroxyl groups is 3. The molecule has 1 fully saturated rings. The summed E-state index contributed by atoms with van der Waals surface area (Å²) in [5.74, 6) is 0. The molecule has 2 atom stereocenters. The molecule has 9 heteroatoms. The van der Waals surface area contributed by atoms with E-state index in [0.29, 0.717) is 23.5 Å². The van der Waals surface area contributed by atoms with Crippen LogP contribution in [0, 0.1) is 0 Å². The molecule has 1 saturated heterocycles. The Kier molecular flexibility index (Phi) is 6.86. The van der Waals surface area contributed by atoms with Crippen LogP contribution in [0.2, 0.25) is 0 Å². The van der Waals surface area contributed by atoms with Crippen molar-refractivity contribution in [3.8, 4) is 0 Å². The molecule has 174 valence electrons. The van der Waals surface area contributed by atoms with Crippen molar-refractivity contribution in [2.75, 3.05) is 45.9 Å². The van der Waals surface area contributed by atoms with E-state index in [-0.39, 0.29) is 18.6 Å². The minimum absolute atomic E-state index is 0.0938. The van der Waals surface area contributed by atoms with Gasteiger partial charge in [0, 0.05) is 60.2 Å². The first-order valence-corrected chi connectivity index (χ1v) is 11.5. The van der Waals surface area contributed by atoms with E-state index in [9.17, 15) is 23.4 Å². The van der Waals surface area contributed by atoms with Crippen LogP contribution in [0.4, 0.5) is 13.2 Å². The summed E-state index contributed by atoms with van der Waals surface area (Å²) in [5, 5.41) is 32.0. The Bertz CT molecular complexity index is 950. The predicted octanol–water partition coefficient (Wildman–Crippen LogP) is 2.77. The minimum atomic E-state index is -4.54. The number of rotatable bonds is 6. The topological polar surface area (TPSA) is 67.2 Å². The summed E-state index contributed by atoms with van der Waals surface area (Å²) in [5.41, 5.74) is -2.26. The van der Waals surface area contributed by atoms with Gasteiger partial charge in [0.25, 0.3) is 0 Å². The van der Waals surface area contributed by atoms with Crippen LogP contribution in [0.15, 0.2) is 52.3 Å². The van der Waals surface area contributed by atoms with Crippen LogP contribution in [-0.4, -0.2) is 77.1 Å². The van der Waals surface area contributed by atoms with Gasteiger partial charge in [0.05, 0.1) is 18.3 Å². The van der Waals surface area contributed by atoms with Crippen LogP contribution < -0.4 is 0 Å². The van der Waals surface area contributed by atoms with Crippen molar-refractivity contribution in [1.82, 2.24) is 9.80 Å². The third-order valence-corrected chi connectivity index (χ3v) is 7.47. The first kappa shape index (κ1) is 23.5. The Morgan fingerprint density at radius 1 is 0.938 bits per heavy atom. The SMILES string of the molecule is OCCN1CCN(CC[C@H](O)[C@@]2(O)c3ccccc3Sc3ccc(C(F)(F)F)cc32)CC1. The largest absolute Gasteiger partial charge is 0.416 e. The molecule has 0 spiro atoms. The highest BCUT2D eigenvalue weighted by molar-refractivity contribution is 7.99. The predicted molar refractivity (Wildman–Crippen MR) is 116 cm³/mol. The summed E-state index contributed by atoms with van der Waals surface area (Å²) in [7, 11) is 0. The van der Waals surface area contributed by atoms with Crippen LogP contribution in [0.3, 0.4) is 0 Å². The van der Waals surface area contributed by atoms with Gasteiger partial charge in [-0.3, -0.25) is 4.90 Å². The maximum Gasteiger partial charge on any atom is 0.416 e. The monoisotopic (exact) mass is 468 g/mol. The fraction of sp³-hybridized carbons (Fsp3) is 0.478. The quantitative estimate of drug-likeness (QED) is 0.606. The molecule has 0 bridgehead atoms. The van der Waals surface area contributed by atoms with E-state index in [4.69, 9.17) is 5.11 Å². The van der Waals surface area contributed by atoms with Gasteiger partial charge in [-0.1, -0.05) is 30.0 Å². The fourth-order valence-electron chi connectivity index (χ4n) is 4.48. The van der Waals surface area contributed by atoms with Crippen molar-refractivity contribution in [2.45, 2.75) is 34.1 Å². The van der Waals surface area contributed by atoms with Crippen LogP contribution in [0.1, 0.15) is 23.1 Å². The molecule has 2 aromatic carbocycles. The average Bonchev–Trinajstić information content (AvgIpc) is 2.78. The molecule has 0 unspecified atom stereocenters.